The first-order chi connectivity index (χ1) is 18.5. The van der Waals surface area contributed by atoms with Crippen LogP contribution < -0.4 is 19.6 Å². The van der Waals surface area contributed by atoms with Crippen molar-refractivity contribution in [3.63, 3.8) is 0 Å². The standard InChI is InChI=1S/C28H20BrN5O3S/c1-36-22-13-10-18(14-23(22)37-2)25-19(16-33(31-25)21-6-4-3-5-7-21)15-24-27(35)34-28(38-24)30-26(32-34)17-8-11-20(29)12-9-17/h3-16H,1-2H3/b24-15-. The highest BCUT2D eigenvalue weighted by atomic mass is 79.9. The second-order valence-corrected chi connectivity index (χ2v) is 10.3. The zero-order valence-electron chi connectivity index (χ0n) is 20.3. The number of fused-ring (bicyclic) bond motifs is 1. The van der Waals surface area contributed by atoms with Crippen LogP contribution in [-0.4, -0.2) is 38.6 Å². The fourth-order valence-corrected chi connectivity index (χ4v) is 5.27. The average molecular weight is 586 g/mol. The molecule has 0 fully saturated rings. The third kappa shape index (κ3) is 4.37. The van der Waals surface area contributed by atoms with Gasteiger partial charge in [-0.2, -0.15) is 14.6 Å². The summed E-state index contributed by atoms with van der Waals surface area (Å²) >= 11 is 4.72. The Hall–Kier alpha value is -4.28. The minimum Gasteiger partial charge on any atom is -0.493 e. The van der Waals surface area contributed by atoms with Gasteiger partial charge in [-0.15, -0.1) is 5.10 Å². The van der Waals surface area contributed by atoms with E-state index in [4.69, 9.17) is 14.6 Å². The molecule has 38 heavy (non-hydrogen) atoms. The number of nitrogens with zero attached hydrogens (tertiary/aromatic N) is 5. The van der Waals surface area contributed by atoms with Gasteiger partial charge < -0.3 is 9.47 Å². The van der Waals surface area contributed by atoms with Gasteiger partial charge in [0, 0.05) is 27.4 Å². The van der Waals surface area contributed by atoms with E-state index in [1.165, 1.54) is 15.9 Å². The first-order valence-electron chi connectivity index (χ1n) is 11.6. The molecule has 0 bridgehead atoms. The number of halogens is 1. The van der Waals surface area contributed by atoms with Crippen molar-refractivity contribution >= 4 is 38.3 Å². The Morgan fingerprint density at radius 2 is 1.63 bits per heavy atom. The predicted octanol–water partition coefficient (Wildman–Crippen LogP) is 5.00. The van der Waals surface area contributed by atoms with Crippen molar-refractivity contribution in [3.8, 4) is 39.8 Å². The maximum absolute atomic E-state index is 13.3. The lowest BCUT2D eigenvalue weighted by Gasteiger charge is -2.09. The Bertz CT molecular complexity index is 1880. The molecule has 0 N–H and O–H groups in total. The highest BCUT2D eigenvalue weighted by Crippen LogP contribution is 2.33. The van der Waals surface area contributed by atoms with E-state index in [2.05, 4.69) is 26.0 Å². The minimum atomic E-state index is -0.230. The number of aromatic nitrogens is 5. The molecule has 0 unspecified atom stereocenters. The summed E-state index contributed by atoms with van der Waals surface area (Å²) in [5.74, 6) is 1.72. The van der Waals surface area contributed by atoms with Gasteiger partial charge in [-0.25, -0.2) is 4.68 Å². The van der Waals surface area contributed by atoms with Crippen LogP contribution in [0.5, 0.6) is 11.5 Å². The van der Waals surface area contributed by atoms with E-state index in [0.717, 1.165) is 26.9 Å². The number of thiazole rings is 1. The van der Waals surface area contributed by atoms with Gasteiger partial charge >= 0.3 is 0 Å². The molecule has 0 atom stereocenters. The van der Waals surface area contributed by atoms with Gasteiger partial charge in [0.05, 0.1) is 24.4 Å². The number of rotatable bonds is 6. The molecular formula is C28H20BrN5O3S. The zero-order valence-corrected chi connectivity index (χ0v) is 22.7. The fraction of sp³-hybridized carbons (Fsp3) is 0.0714. The van der Waals surface area contributed by atoms with Crippen molar-refractivity contribution < 1.29 is 9.47 Å². The Morgan fingerprint density at radius 1 is 0.895 bits per heavy atom. The number of hydrogen-bond acceptors (Lipinski definition) is 7. The Kier molecular flexibility index (Phi) is 6.26. The lowest BCUT2D eigenvalue weighted by atomic mass is 10.1. The summed E-state index contributed by atoms with van der Waals surface area (Å²) in [5.41, 5.74) is 3.81. The summed E-state index contributed by atoms with van der Waals surface area (Å²) in [6.45, 7) is 0. The highest BCUT2D eigenvalue weighted by molar-refractivity contribution is 9.10. The maximum atomic E-state index is 13.3. The molecular weight excluding hydrogens is 566 g/mol. The second kappa shape index (κ2) is 9.88. The Labute approximate surface area is 229 Å². The number of methoxy groups -OCH3 is 2. The zero-order chi connectivity index (χ0) is 26.2. The van der Waals surface area contributed by atoms with Crippen LogP contribution in [0.2, 0.25) is 0 Å². The Morgan fingerprint density at radius 3 is 2.34 bits per heavy atom. The molecule has 0 radical (unpaired) electrons. The van der Waals surface area contributed by atoms with Crippen LogP contribution in [0.25, 0.3) is 39.4 Å². The van der Waals surface area contributed by atoms with Gasteiger partial charge in [-0.1, -0.05) is 57.6 Å². The first-order valence-corrected chi connectivity index (χ1v) is 13.2. The smallest absolute Gasteiger partial charge is 0.291 e. The molecule has 3 heterocycles. The van der Waals surface area contributed by atoms with Gasteiger partial charge in [0.2, 0.25) is 4.96 Å². The predicted molar refractivity (Wildman–Crippen MR) is 151 cm³/mol. The van der Waals surface area contributed by atoms with Crippen molar-refractivity contribution in [1.29, 1.82) is 0 Å². The molecule has 0 spiro atoms. The summed E-state index contributed by atoms with van der Waals surface area (Å²) in [5, 5.41) is 9.33. The minimum absolute atomic E-state index is 0.230. The van der Waals surface area contributed by atoms with Crippen molar-refractivity contribution in [2.75, 3.05) is 14.2 Å². The topological polar surface area (TPSA) is 83.5 Å². The van der Waals surface area contributed by atoms with Crippen LogP contribution in [0.4, 0.5) is 0 Å². The van der Waals surface area contributed by atoms with Crippen LogP contribution in [0.3, 0.4) is 0 Å². The highest BCUT2D eigenvalue weighted by Gasteiger charge is 2.16. The van der Waals surface area contributed by atoms with Crippen LogP contribution in [-0.2, 0) is 0 Å². The van der Waals surface area contributed by atoms with Crippen LogP contribution >= 0.6 is 27.3 Å². The van der Waals surface area contributed by atoms with E-state index in [1.807, 2.05) is 85.1 Å². The van der Waals surface area contributed by atoms with Crippen LogP contribution in [0, 0.1) is 0 Å². The van der Waals surface area contributed by atoms with Crippen molar-refractivity contribution in [2.24, 2.45) is 0 Å². The van der Waals surface area contributed by atoms with Crippen molar-refractivity contribution in [2.45, 2.75) is 0 Å². The number of para-hydroxylation sites is 1. The SMILES string of the molecule is COc1ccc(-c2nn(-c3ccccc3)cc2/C=c2\sc3nc(-c4ccc(Br)cc4)nn3c2=O)cc1OC. The number of ether oxygens (including phenoxy) is 2. The molecule has 188 valence electrons. The van der Waals surface area contributed by atoms with Gasteiger partial charge in [0.1, 0.15) is 5.69 Å². The van der Waals surface area contributed by atoms with Crippen molar-refractivity contribution in [3.05, 3.63) is 104 Å². The molecule has 0 aliphatic rings. The van der Waals surface area contributed by atoms with E-state index in [9.17, 15) is 4.79 Å². The van der Waals surface area contributed by atoms with E-state index in [0.29, 0.717) is 32.5 Å². The molecule has 0 saturated carbocycles. The lowest BCUT2D eigenvalue weighted by molar-refractivity contribution is 0.355. The molecule has 6 aromatic rings. The molecule has 0 saturated heterocycles. The van der Waals surface area contributed by atoms with Gasteiger partial charge in [0.15, 0.2) is 17.3 Å². The third-order valence-electron chi connectivity index (χ3n) is 5.99. The van der Waals surface area contributed by atoms with E-state index < -0.39 is 0 Å². The van der Waals surface area contributed by atoms with Gasteiger partial charge in [0.25, 0.3) is 5.56 Å². The average Bonchev–Trinajstić information content (AvgIpc) is 3.64. The second-order valence-electron chi connectivity index (χ2n) is 8.34. The van der Waals surface area contributed by atoms with E-state index in [1.54, 1.807) is 18.9 Å². The molecule has 3 aromatic heterocycles. The molecule has 0 amide bonds. The normalized spacial score (nSPS) is 11.8. The van der Waals surface area contributed by atoms with E-state index >= 15 is 0 Å². The quantitative estimate of drug-likeness (QED) is 0.273. The molecule has 0 aliphatic carbocycles. The number of hydrogen-bond donors (Lipinski definition) is 0. The summed E-state index contributed by atoms with van der Waals surface area (Å²) in [6.07, 6.45) is 3.74. The Balaban J connectivity index is 1.49. The largest absolute Gasteiger partial charge is 0.493 e. The molecule has 10 heteroatoms. The molecule has 6 rings (SSSR count). The monoisotopic (exact) mass is 585 g/mol. The first kappa shape index (κ1) is 24.1. The van der Waals surface area contributed by atoms with Gasteiger partial charge in [-0.3, -0.25) is 4.79 Å². The van der Waals surface area contributed by atoms with Crippen LogP contribution in [0.15, 0.2) is 88.3 Å². The molecule has 0 aliphatic heterocycles. The third-order valence-corrected chi connectivity index (χ3v) is 7.48. The summed E-state index contributed by atoms with van der Waals surface area (Å²) in [6, 6.07) is 23.1. The molecule has 8 nitrogen and oxygen atoms in total. The summed E-state index contributed by atoms with van der Waals surface area (Å²) < 4.78 is 15.5. The van der Waals surface area contributed by atoms with Gasteiger partial charge in [-0.05, 0) is 48.5 Å². The fourth-order valence-electron chi connectivity index (χ4n) is 4.11. The van der Waals surface area contributed by atoms with E-state index in [-0.39, 0.29) is 5.56 Å². The van der Waals surface area contributed by atoms with Crippen molar-refractivity contribution in [1.82, 2.24) is 24.4 Å². The lowest BCUT2D eigenvalue weighted by Crippen LogP contribution is -2.23. The maximum Gasteiger partial charge on any atom is 0.291 e. The summed E-state index contributed by atoms with van der Waals surface area (Å²) in [4.78, 5) is 18.4. The number of benzene rings is 3. The molecule has 3 aromatic carbocycles. The van der Waals surface area contributed by atoms with Crippen LogP contribution in [0.1, 0.15) is 5.56 Å². The summed E-state index contributed by atoms with van der Waals surface area (Å²) in [7, 11) is 3.19.